The maximum absolute atomic E-state index is 11.7. The molecule has 15 heavy (non-hydrogen) atoms. The Hall–Kier alpha value is -0.730. The molecule has 0 unspecified atom stereocenters. The van der Waals surface area contributed by atoms with E-state index in [0.29, 0.717) is 11.3 Å². The van der Waals surface area contributed by atoms with E-state index in [2.05, 4.69) is 20.8 Å². The summed E-state index contributed by atoms with van der Waals surface area (Å²) >= 11 is 0. The van der Waals surface area contributed by atoms with Gasteiger partial charge in [0.2, 0.25) is 0 Å². The highest BCUT2D eigenvalue weighted by molar-refractivity contribution is 5.74. The summed E-state index contributed by atoms with van der Waals surface area (Å²) in [6.45, 7) is 8.67. The van der Waals surface area contributed by atoms with Crippen molar-refractivity contribution in [2.24, 2.45) is 11.3 Å². The van der Waals surface area contributed by atoms with Crippen molar-refractivity contribution < 1.29 is 4.79 Å². The van der Waals surface area contributed by atoms with Crippen LogP contribution in [0.4, 0.5) is 4.79 Å². The van der Waals surface area contributed by atoms with Gasteiger partial charge in [-0.1, -0.05) is 20.8 Å². The van der Waals surface area contributed by atoms with E-state index in [1.807, 2.05) is 19.0 Å². The number of urea groups is 1. The zero-order valence-corrected chi connectivity index (χ0v) is 10.7. The van der Waals surface area contributed by atoms with Crippen LogP contribution in [0.15, 0.2) is 0 Å². The largest absolute Gasteiger partial charge is 0.331 e. The Morgan fingerprint density at radius 1 is 1.40 bits per heavy atom. The van der Waals surface area contributed by atoms with E-state index >= 15 is 0 Å². The second kappa shape index (κ2) is 4.42. The fourth-order valence-corrected chi connectivity index (χ4v) is 2.32. The fourth-order valence-electron chi connectivity index (χ4n) is 2.32. The molecule has 1 atom stereocenters. The molecule has 0 spiro atoms. The predicted octanol–water partition coefficient (Wildman–Crippen LogP) is 2.43. The van der Waals surface area contributed by atoms with Crippen molar-refractivity contribution >= 4 is 6.03 Å². The molecular formula is C12H24N2O. The van der Waals surface area contributed by atoms with E-state index in [9.17, 15) is 4.79 Å². The first-order chi connectivity index (χ1) is 6.79. The molecule has 1 aliphatic rings. The average Bonchev–Trinajstić information content (AvgIpc) is 2.48. The summed E-state index contributed by atoms with van der Waals surface area (Å²) in [5, 5.41) is 0. The van der Waals surface area contributed by atoms with Crippen LogP contribution < -0.4 is 0 Å². The Bertz CT molecular complexity index is 230. The first-order valence-electron chi connectivity index (χ1n) is 5.76. The maximum Gasteiger partial charge on any atom is 0.319 e. The second-order valence-corrected chi connectivity index (χ2v) is 6.04. The van der Waals surface area contributed by atoms with Crippen molar-refractivity contribution in [2.45, 2.75) is 33.6 Å². The monoisotopic (exact) mass is 212 g/mol. The molecule has 0 aliphatic carbocycles. The summed E-state index contributed by atoms with van der Waals surface area (Å²) in [6, 6.07) is 0.159. The number of carbonyl (C=O) groups is 1. The molecule has 3 heteroatoms. The van der Waals surface area contributed by atoms with Gasteiger partial charge in [0.05, 0.1) is 0 Å². The van der Waals surface area contributed by atoms with Crippen molar-refractivity contribution in [3.8, 4) is 0 Å². The Kier molecular flexibility index (Phi) is 3.63. The predicted molar refractivity (Wildman–Crippen MR) is 62.8 cm³/mol. The van der Waals surface area contributed by atoms with Crippen molar-refractivity contribution in [3.63, 3.8) is 0 Å². The van der Waals surface area contributed by atoms with Crippen LogP contribution in [0.2, 0.25) is 0 Å². The van der Waals surface area contributed by atoms with Gasteiger partial charge in [0.1, 0.15) is 0 Å². The van der Waals surface area contributed by atoms with Crippen molar-refractivity contribution in [1.82, 2.24) is 9.80 Å². The van der Waals surface area contributed by atoms with Gasteiger partial charge in [-0.25, -0.2) is 4.79 Å². The highest BCUT2D eigenvalue weighted by Crippen LogP contribution is 2.30. The van der Waals surface area contributed by atoms with Gasteiger partial charge in [-0.3, -0.25) is 0 Å². The number of nitrogens with zero attached hydrogens (tertiary/aromatic N) is 2. The minimum absolute atomic E-state index is 0.159. The summed E-state index contributed by atoms with van der Waals surface area (Å²) in [7, 11) is 3.64. The van der Waals surface area contributed by atoms with Crippen LogP contribution in [0.5, 0.6) is 0 Å². The van der Waals surface area contributed by atoms with Crippen LogP contribution >= 0.6 is 0 Å². The third-order valence-corrected chi connectivity index (χ3v) is 2.84. The van der Waals surface area contributed by atoms with Crippen molar-refractivity contribution in [1.29, 1.82) is 0 Å². The lowest BCUT2D eigenvalue weighted by atomic mass is 9.84. The zero-order chi connectivity index (χ0) is 11.6. The quantitative estimate of drug-likeness (QED) is 0.655. The summed E-state index contributed by atoms with van der Waals surface area (Å²) in [5.74, 6) is 0.689. The van der Waals surface area contributed by atoms with Crippen molar-refractivity contribution in [2.75, 3.05) is 27.2 Å². The van der Waals surface area contributed by atoms with E-state index in [-0.39, 0.29) is 6.03 Å². The Labute approximate surface area is 93.4 Å². The standard InChI is InChI=1S/C12H24N2O/c1-12(2,3)8-10-6-7-14(9-10)11(15)13(4)5/h10H,6-9H2,1-5H3/t10-/m1/s1. The lowest BCUT2D eigenvalue weighted by Crippen LogP contribution is -2.37. The van der Waals surface area contributed by atoms with E-state index < -0.39 is 0 Å². The van der Waals surface area contributed by atoms with Gasteiger partial charge in [-0.2, -0.15) is 0 Å². The zero-order valence-electron chi connectivity index (χ0n) is 10.7. The first kappa shape index (κ1) is 12.3. The van der Waals surface area contributed by atoms with E-state index in [1.54, 1.807) is 4.90 Å². The summed E-state index contributed by atoms with van der Waals surface area (Å²) in [6.07, 6.45) is 2.38. The third-order valence-electron chi connectivity index (χ3n) is 2.84. The van der Waals surface area contributed by atoms with Crippen LogP contribution in [0.25, 0.3) is 0 Å². The third kappa shape index (κ3) is 3.73. The molecule has 0 N–H and O–H groups in total. The summed E-state index contributed by atoms with van der Waals surface area (Å²) < 4.78 is 0. The second-order valence-electron chi connectivity index (χ2n) is 6.04. The molecule has 1 saturated heterocycles. The van der Waals surface area contributed by atoms with Gasteiger partial charge < -0.3 is 9.80 Å². The molecule has 3 nitrogen and oxygen atoms in total. The van der Waals surface area contributed by atoms with Crippen LogP contribution in [-0.4, -0.2) is 43.0 Å². The first-order valence-corrected chi connectivity index (χ1v) is 5.76. The molecule has 0 aromatic heterocycles. The molecule has 0 radical (unpaired) electrons. The SMILES string of the molecule is CN(C)C(=O)N1CC[C@H](CC(C)(C)C)C1. The van der Waals surface area contributed by atoms with Gasteiger partial charge in [0, 0.05) is 27.2 Å². The maximum atomic E-state index is 11.7. The highest BCUT2D eigenvalue weighted by atomic mass is 16.2. The molecule has 1 aliphatic heterocycles. The molecule has 1 heterocycles. The summed E-state index contributed by atoms with van der Waals surface area (Å²) in [4.78, 5) is 15.3. The smallest absolute Gasteiger partial charge is 0.319 e. The molecule has 2 amide bonds. The lowest BCUT2D eigenvalue weighted by molar-refractivity contribution is 0.178. The van der Waals surface area contributed by atoms with Gasteiger partial charge in [0.25, 0.3) is 0 Å². The molecule has 88 valence electrons. The number of carbonyl (C=O) groups excluding carboxylic acids is 1. The molecule has 0 bridgehead atoms. The Morgan fingerprint density at radius 2 is 2.00 bits per heavy atom. The minimum atomic E-state index is 0.159. The van der Waals surface area contributed by atoms with Crippen LogP contribution in [-0.2, 0) is 0 Å². The molecule has 0 aromatic rings. The molecule has 0 aromatic carbocycles. The van der Waals surface area contributed by atoms with E-state index in [4.69, 9.17) is 0 Å². The normalized spacial score (nSPS) is 21.9. The molecule has 1 rings (SSSR count). The van der Waals surface area contributed by atoms with Gasteiger partial charge in [0.15, 0.2) is 0 Å². The van der Waals surface area contributed by atoms with Gasteiger partial charge >= 0.3 is 6.03 Å². The van der Waals surface area contributed by atoms with E-state index in [0.717, 1.165) is 19.5 Å². The molecular weight excluding hydrogens is 188 g/mol. The fraction of sp³-hybridized carbons (Fsp3) is 0.917. The highest BCUT2D eigenvalue weighted by Gasteiger charge is 2.29. The molecule has 1 fully saturated rings. The lowest BCUT2D eigenvalue weighted by Gasteiger charge is -2.24. The topological polar surface area (TPSA) is 23.6 Å². The Morgan fingerprint density at radius 3 is 2.47 bits per heavy atom. The summed E-state index contributed by atoms with van der Waals surface area (Å²) in [5.41, 5.74) is 0.377. The van der Waals surface area contributed by atoms with E-state index in [1.165, 1.54) is 6.42 Å². The molecule has 0 saturated carbocycles. The number of hydrogen-bond donors (Lipinski definition) is 0. The number of amides is 2. The van der Waals surface area contributed by atoms with Crippen molar-refractivity contribution in [3.05, 3.63) is 0 Å². The Balaban J connectivity index is 2.43. The number of hydrogen-bond acceptors (Lipinski definition) is 1. The van der Waals surface area contributed by atoms with Crippen LogP contribution in [0, 0.1) is 11.3 Å². The number of likely N-dealkylation sites (tertiary alicyclic amines) is 1. The van der Waals surface area contributed by atoms with Gasteiger partial charge in [-0.15, -0.1) is 0 Å². The average molecular weight is 212 g/mol. The minimum Gasteiger partial charge on any atom is -0.331 e. The van der Waals surface area contributed by atoms with Crippen LogP contribution in [0.1, 0.15) is 33.6 Å². The number of rotatable bonds is 1. The van der Waals surface area contributed by atoms with Crippen LogP contribution in [0.3, 0.4) is 0 Å². The van der Waals surface area contributed by atoms with Gasteiger partial charge in [-0.05, 0) is 24.2 Å².